The van der Waals surface area contributed by atoms with Crippen molar-refractivity contribution < 1.29 is 4.79 Å². The number of carbonyl (C=O) groups excluding carboxylic acids is 1. The van der Waals surface area contributed by atoms with E-state index < -0.39 is 0 Å². The first-order valence-corrected chi connectivity index (χ1v) is 9.88. The number of nitrogens with one attached hydrogen (secondary N) is 1. The van der Waals surface area contributed by atoms with E-state index in [0.29, 0.717) is 12.0 Å². The van der Waals surface area contributed by atoms with Crippen LogP contribution in [0.5, 0.6) is 0 Å². The van der Waals surface area contributed by atoms with Gasteiger partial charge in [-0.1, -0.05) is 36.4 Å². The molecule has 1 N–H and O–H groups in total. The molecule has 4 nitrogen and oxygen atoms in total. The number of amides is 1. The highest BCUT2D eigenvalue weighted by Crippen LogP contribution is 2.34. The second-order valence-electron chi connectivity index (χ2n) is 7.74. The lowest BCUT2D eigenvalue weighted by Gasteiger charge is -2.51. The maximum absolute atomic E-state index is 12.9. The molecule has 1 aromatic carbocycles. The summed E-state index contributed by atoms with van der Waals surface area (Å²) >= 11 is 0. The zero-order valence-electron chi connectivity index (χ0n) is 15.8. The molecule has 0 radical (unpaired) electrons. The van der Waals surface area contributed by atoms with Crippen molar-refractivity contribution in [3.63, 3.8) is 0 Å². The Labute approximate surface area is 161 Å². The van der Waals surface area contributed by atoms with Crippen LogP contribution in [0, 0.1) is 5.92 Å². The molecule has 0 saturated carbocycles. The van der Waals surface area contributed by atoms with Crippen molar-refractivity contribution in [3.8, 4) is 0 Å². The molecule has 3 aliphatic heterocycles. The molecule has 3 saturated heterocycles. The molecule has 2 atom stereocenters. The highest BCUT2D eigenvalue weighted by atomic mass is 16.1. The zero-order chi connectivity index (χ0) is 18.6. The summed E-state index contributed by atoms with van der Waals surface area (Å²) in [5, 5.41) is 3.37. The highest BCUT2D eigenvalue weighted by molar-refractivity contribution is 5.97. The number of rotatable bonds is 5. The molecule has 4 heterocycles. The lowest BCUT2D eigenvalue weighted by atomic mass is 9.76. The molecule has 4 heteroatoms. The van der Waals surface area contributed by atoms with Crippen LogP contribution >= 0.6 is 0 Å². The average Bonchev–Trinajstić information content (AvgIpc) is 2.72. The molecule has 1 aromatic heterocycles. The van der Waals surface area contributed by atoms with E-state index in [1.807, 2.05) is 61.8 Å². The predicted molar refractivity (Wildman–Crippen MR) is 108 cm³/mol. The quantitative estimate of drug-likeness (QED) is 0.831. The van der Waals surface area contributed by atoms with Crippen molar-refractivity contribution in [2.45, 2.75) is 38.3 Å². The normalized spacial score (nSPS) is 27.4. The number of pyridine rings is 1. The van der Waals surface area contributed by atoms with Gasteiger partial charge < -0.3 is 5.32 Å². The fraction of sp³-hybridized carbons (Fsp3) is 0.391. The second kappa shape index (κ2) is 8.05. The largest absolute Gasteiger partial charge is 0.348 e. The summed E-state index contributed by atoms with van der Waals surface area (Å²) in [6.45, 7) is 4.18. The lowest BCUT2D eigenvalue weighted by molar-refractivity contribution is -0.120. The maximum Gasteiger partial charge on any atom is 0.247 e. The molecule has 1 amide bonds. The van der Waals surface area contributed by atoms with Crippen LogP contribution in [0.3, 0.4) is 0 Å². The van der Waals surface area contributed by atoms with Crippen molar-refractivity contribution in [2.24, 2.45) is 5.92 Å². The number of benzene rings is 1. The van der Waals surface area contributed by atoms with Crippen LogP contribution in [0.1, 0.15) is 30.9 Å². The van der Waals surface area contributed by atoms with Crippen molar-refractivity contribution in [1.82, 2.24) is 15.2 Å². The first-order valence-electron chi connectivity index (χ1n) is 9.88. The van der Waals surface area contributed by atoms with Crippen molar-refractivity contribution in [3.05, 3.63) is 71.6 Å². The molecule has 3 aliphatic rings. The molecule has 3 fully saturated rings. The number of nitrogens with zero attached hydrogens (tertiary/aromatic N) is 2. The zero-order valence-corrected chi connectivity index (χ0v) is 15.8. The second-order valence-corrected chi connectivity index (χ2v) is 7.74. The topological polar surface area (TPSA) is 45.2 Å². The van der Waals surface area contributed by atoms with E-state index in [1.54, 1.807) is 0 Å². The Bertz CT molecular complexity index is 795. The third-order valence-corrected chi connectivity index (χ3v) is 5.97. The molecule has 0 aliphatic carbocycles. The van der Waals surface area contributed by atoms with Crippen LogP contribution in [0.4, 0.5) is 0 Å². The molecule has 27 heavy (non-hydrogen) atoms. The number of aromatic nitrogens is 1. The number of hydrogen-bond acceptors (Lipinski definition) is 3. The van der Waals surface area contributed by atoms with E-state index in [9.17, 15) is 4.79 Å². The summed E-state index contributed by atoms with van der Waals surface area (Å²) in [6, 6.07) is 14.7. The molecule has 140 valence electrons. The molecule has 2 bridgehead atoms. The Morgan fingerprint density at radius 2 is 1.96 bits per heavy atom. The summed E-state index contributed by atoms with van der Waals surface area (Å²) < 4.78 is 0. The summed E-state index contributed by atoms with van der Waals surface area (Å²) in [6.07, 6.45) is 9.02. The first kappa shape index (κ1) is 17.9. The van der Waals surface area contributed by atoms with Crippen LogP contribution in [-0.4, -0.2) is 41.0 Å². The first-order chi connectivity index (χ1) is 13.2. The van der Waals surface area contributed by atoms with Gasteiger partial charge in [-0.15, -0.1) is 0 Å². The standard InChI is InChI=1S/C23H27N3O/c1-17(14-18-6-3-2-4-7-18)23(27)25-22-20-9-12-26(13-10-20)21(22)15-19-8-5-11-24-16-19/h2-8,11,14,16,20-22H,9-10,12-13,15H2,1H3,(H,25,27)/b17-14+/t21-,22+/m1/s1. The molecular formula is C23H27N3O. The summed E-state index contributed by atoms with van der Waals surface area (Å²) in [5.74, 6) is 0.624. The van der Waals surface area contributed by atoms with Crippen LogP contribution in [-0.2, 0) is 11.2 Å². The van der Waals surface area contributed by atoms with Gasteiger partial charge in [0.25, 0.3) is 0 Å². The smallest absolute Gasteiger partial charge is 0.247 e. The summed E-state index contributed by atoms with van der Waals surface area (Å²) in [5.41, 5.74) is 3.06. The fourth-order valence-electron chi connectivity index (χ4n) is 4.51. The van der Waals surface area contributed by atoms with Gasteiger partial charge in [0, 0.05) is 30.1 Å². The summed E-state index contributed by atoms with van der Waals surface area (Å²) in [4.78, 5) is 19.7. The van der Waals surface area contributed by atoms with Crippen molar-refractivity contribution >= 4 is 12.0 Å². The van der Waals surface area contributed by atoms with Crippen LogP contribution in [0.15, 0.2) is 60.4 Å². The number of hydrogen-bond donors (Lipinski definition) is 1. The van der Waals surface area contributed by atoms with E-state index in [-0.39, 0.29) is 11.9 Å². The summed E-state index contributed by atoms with van der Waals surface area (Å²) in [7, 11) is 0. The molecule has 0 unspecified atom stereocenters. The van der Waals surface area contributed by atoms with Crippen LogP contribution < -0.4 is 5.32 Å². The fourth-order valence-corrected chi connectivity index (χ4v) is 4.51. The van der Waals surface area contributed by atoms with Crippen LogP contribution in [0.25, 0.3) is 6.08 Å². The van der Waals surface area contributed by atoms with Gasteiger partial charge in [-0.2, -0.15) is 0 Å². The monoisotopic (exact) mass is 361 g/mol. The Morgan fingerprint density at radius 3 is 2.67 bits per heavy atom. The Kier molecular flexibility index (Phi) is 5.35. The van der Waals surface area contributed by atoms with Gasteiger partial charge >= 0.3 is 0 Å². The van der Waals surface area contributed by atoms with Gasteiger partial charge in [-0.25, -0.2) is 0 Å². The van der Waals surface area contributed by atoms with Crippen LogP contribution in [0.2, 0.25) is 0 Å². The van der Waals surface area contributed by atoms with E-state index in [1.165, 1.54) is 18.4 Å². The van der Waals surface area contributed by atoms with E-state index in [2.05, 4.69) is 21.3 Å². The molecule has 5 rings (SSSR count). The maximum atomic E-state index is 12.9. The number of piperidine rings is 3. The van der Waals surface area contributed by atoms with Gasteiger partial charge in [0.2, 0.25) is 5.91 Å². The Morgan fingerprint density at radius 1 is 1.19 bits per heavy atom. The minimum atomic E-state index is 0.0498. The van der Waals surface area contributed by atoms with Gasteiger partial charge in [0.1, 0.15) is 0 Å². The molecular weight excluding hydrogens is 334 g/mol. The number of carbonyl (C=O) groups is 1. The van der Waals surface area contributed by atoms with Gasteiger partial charge in [0.15, 0.2) is 0 Å². The number of fused-ring (bicyclic) bond motifs is 3. The van der Waals surface area contributed by atoms with Crippen molar-refractivity contribution in [2.75, 3.05) is 13.1 Å². The SMILES string of the molecule is C/C(=C\c1ccccc1)C(=O)N[C@H]1C2CCN(CC2)[C@@H]1Cc1cccnc1. The Hall–Kier alpha value is -2.46. The minimum absolute atomic E-state index is 0.0498. The third kappa shape index (κ3) is 4.11. The van der Waals surface area contributed by atoms with E-state index in [4.69, 9.17) is 0 Å². The average molecular weight is 361 g/mol. The van der Waals surface area contributed by atoms with Crippen molar-refractivity contribution in [1.29, 1.82) is 0 Å². The predicted octanol–water partition coefficient (Wildman–Crippen LogP) is 3.31. The van der Waals surface area contributed by atoms with Gasteiger partial charge in [0.05, 0.1) is 0 Å². The Balaban J connectivity index is 1.49. The highest BCUT2D eigenvalue weighted by Gasteiger charge is 2.42. The molecule has 2 aromatic rings. The lowest BCUT2D eigenvalue weighted by Crippen LogP contribution is -2.64. The van der Waals surface area contributed by atoms with Gasteiger partial charge in [-0.05, 0) is 68.5 Å². The van der Waals surface area contributed by atoms with E-state index in [0.717, 1.165) is 30.6 Å². The minimum Gasteiger partial charge on any atom is -0.348 e. The van der Waals surface area contributed by atoms with E-state index >= 15 is 0 Å². The van der Waals surface area contributed by atoms with Gasteiger partial charge in [-0.3, -0.25) is 14.7 Å². The third-order valence-electron chi connectivity index (χ3n) is 5.97. The molecule has 0 spiro atoms.